The number of hydrogen-bond acceptors (Lipinski definition) is 5. The molecular weight excluding hydrogens is 345 g/mol. The maximum Gasteiger partial charge on any atom is 0.331 e. The van der Waals surface area contributed by atoms with Crippen LogP contribution in [0.3, 0.4) is 0 Å². The second-order valence-electron chi connectivity index (χ2n) is 5.15. The lowest BCUT2D eigenvalue weighted by atomic mass is 10.0. The van der Waals surface area contributed by atoms with Crippen LogP contribution in [0.15, 0.2) is 48.0 Å². The summed E-state index contributed by atoms with van der Waals surface area (Å²) in [6.07, 6.45) is 6.30. The van der Waals surface area contributed by atoms with Gasteiger partial charge in [-0.15, -0.1) is 0 Å². The van der Waals surface area contributed by atoms with Gasteiger partial charge in [-0.25, -0.2) is 14.5 Å². The fourth-order valence-corrected chi connectivity index (χ4v) is 2.47. The number of hydrogen-bond donors (Lipinski definition) is 1. The highest BCUT2D eigenvalue weighted by Gasteiger charge is 2.14. The van der Waals surface area contributed by atoms with Gasteiger partial charge in [0, 0.05) is 47.1 Å². The predicted molar refractivity (Wildman–Crippen MR) is 89.8 cm³/mol. The molecule has 9 heteroatoms. The molecule has 0 saturated heterocycles. The van der Waals surface area contributed by atoms with Gasteiger partial charge in [0.05, 0.1) is 17.3 Å². The quantitative estimate of drug-likeness (QED) is 0.442. The van der Waals surface area contributed by atoms with Crippen LogP contribution >= 0.6 is 0 Å². The minimum absolute atomic E-state index is 0.234. The molecule has 3 aromatic rings. The molecule has 3 aromatic heterocycles. The maximum atomic E-state index is 13.1. The Morgan fingerprint density at radius 2 is 2.15 bits per heavy atom. The van der Waals surface area contributed by atoms with Gasteiger partial charge in [-0.3, -0.25) is 0 Å². The average Bonchev–Trinajstić information content (AvgIpc) is 3.05. The monoisotopic (exact) mass is 356 g/mol. The number of nitrogens with zero attached hydrogens (tertiary/aromatic N) is 5. The van der Waals surface area contributed by atoms with E-state index in [9.17, 15) is 18.4 Å². The molecule has 0 aliphatic rings. The predicted octanol–water partition coefficient (Wildman–Crippen LogP) is 3.00. The van der Waals surface area contributed by atoms with Gasteiger partial charge in [-0.1, -0.05) is 0 Å². The van der Waals surface area contributed by atoms with Crippen LogP contribution in [-0.2, 0) is 0 Å². The van der Waals surface area contributed by atoms with Crippen LogP contribution in [0.2, 0.25) is 0 Å². The highest BCUT2D eigenvalue weighted by atomic mass is 19.3. The third kappa shape index (κ3) is 3.25. The van der Waals surface area contributed by atoms with Crippen molar-refractivity contribution in [2.75, 3.05) is 0 Å². The summed E-state index contributed by atoms with van der Waals surface area (Å²) in [7, 11) is 0. The zero-order valence-electron chi connectivity index (χ0n) is 13.1. The Morgan fingerprint density at radius 1 is 1.35 bits per heavy atom. The van der Waals surface area contributed by atoms with E-state index in [0.29, 0.717) is 27.8 Å². The van der Waals surface area contributed by atoms with Gasteiger partial charge < -0.3 is 5.73 Å². The van der Waals surface area contributed by atoms with Crippen molar-refractivity contribution in [2.45, 2.75) is 6.55 Å². The van der Waals surface area contributed by atoms with E-state index in [4.69, 9.17) is 5.73 Å². The number of aliphatic imine (C=N–C) groups is 1. The molecule has 6 nitrogen and oxygen atoms in total. The standard InChI is InChI=1S/C17H11F3N6/c18-15-2-1-10(6-23-15)14-3-11(12(4-21)7-24-17(19)20)9-26-16(14)13(5-22)8-25-26/h1-4,6-9,17H,21H2. The Morgan fingerprint density at radius 3 is 2.77 bits per heavy atom. The van der Waals surface area contributed by atoms with E-state index >= 15 is 0 Å². The summed E-state index contributed by atoms with van der Waals surface area (Å²) >= 11 is 0. The number of pyridine rings is 2. The largest absolute Gasteiger partial charge is 0.404 e. The van der Waals surface area contributed by atoms with Gasteiger partial charge in [0.1, 0.15) is 6.07 Å². The van der Waals surface area contributed by atoms with Crippen molar-refractivity contribution in [1.29, 1.82) is 5.26 Å². The van der Waals surface area contributed by atoms with E-state index in [-0.39, 0.29) is 5.57 Å². The number of alkyl halides is 2. The molecule has 0 aromatic carbocycles. The third-order valence-corrected chi connectivity index (χ3v) is 3.61. The molecule has 3 rings (SSSR count). The first kappa shape index (κ1) is 17.2. The molecule has 0 atom stereocenters. The number of halogens is 3. The van der Waals surface area contributed by atoms with E-state index in [1.54, 1.807) is 6.07 Å². The summed E-state index contributed by atoms with van der Waals surface area (Å²) in [5.74, 6) is -0.651. The highest BCUT2D eigenvalue weighted by Crippen LogP contribution is 2.29. The van der Waals surface area contributed by atoms with Crippen molar-refractivity contribution in [3.05, 3.63) is 60.1 Å². The fourth-order valence-electron chi connectivity index (χ4n) is 2.47. The molecule has 0 aliphatic heterocycles. The highest BCUT2D eigenvalue weighted by molar-refractivity contribution is 6.10. The lowest BCUT2D eigenvalue weighted by molar-refractivity contribution is 0.161. The minimum Gasteiger partial charge on any atom is -0.404 e. The molecule has 0 radical (unpaired) electrons. The summed E-state index contributed by atoms with van der Waals surface area (Å²) in [5.41, 5.74) is 8.04. The first-order valence-corrected chi connectivity index (χ1v) is 7.30. The first-order valence-electron chi connectivity index (χ1n) is 7.30. The normalized spacial score (nSPS) is 12.2. The van der Waals surface area contributed by atoms with E-state index in [0.717, 1.165) is 12.4 Å². The zero-order chi connectivity index (χ0) is 18.7. The fraction of sp³-hybridized carbons (Fsp3) is 0.0588. The summed E-state index contributed by atoms with van der Waals surface area (Å²) in [6, 6.07) is 6.33. The van der Waals surface area contributed by atoms with E-state index in [1.807, 2.05) is 6.07 Å². The van der Waals surface area contributed by atoms with Crippen LogP contribution in [0.25, 0.3) is 22.2 Å². The van der Waals surface area contributed by atoms with Crippen molar-refractivity contribution in [2.24, 2.45) is 10.7 Å². The summed E-state index contributed by atoms with van der Waals surface area (Å²) in [4.78, 5) is 6.65. The van der Waals surface area contributed by atoms with Crippen LogP contribution in [0, 0.1) is 17.3 Å². The summed E-state index contributed by atoms with van der Waals surface area (Å²) in [5, 5.41) is 13.4. The molecule has 0 saturated carbocycles. The Hall–Kier alpha value is -3.67. The van der Waals surface area contributed by atoms with Gasteiger partial charge in [0.15, 0.2) is 0 Å². The van der Waals surface area contributed by atoms with Crippen LogP contribution in [0.4, 0.5) is 13.2 Å². The Balaban J connectivity index is 2.25. The van der Waals surface area contributed by atoms with E-state index < -0.39 is 12.5 Å². The zero-order valence-corrected chi connectivity index (χ0v) is 13.1. The third-order valence-electron chi connectivity index (χ3n) is 3.61. The van der Waals surface area contributed by atoms with Crippen molar-refractivity contribution < 1.29 is 13.2 Å². The number of allylic oxidation sites excluding steroid dienone is 1. The molecule has 26 heavy (non-hydrogen) atoms. The second kappa shape index (κ2) is 7.06. The van der Waals surface area contributed by atoms with Crippen molar-refractivity contribution in [1.82, 2.24) is 14.6 Å². The molecule has 0 fully saturated rings. The van der Waals surface area contributed by atoms with Gasteiger partial charge in [-0.2, -0.15) is 23.5 Å². The summed E-state index contributed by atoms with van der Waals surface area (Å²) < 4.78 is 39.3. The van der Waals surface area contributed by atoms with Crippen LogP contribution in [-0.4, -0.2) is 27.4 Å². The van der Waals surface area contributed by atoms with Crippen LogP contribution < -0.4 is 5.73 Å². The SMILES string of the molecule is N#Cc1cnn2cc(C(C=NC(F)F)=CN)cc(-c3ccc(F)nc3)c12. The lowest BCUT2D eigenvalue weighted by Gasteiger charge is -2.09. The molecule has 0 unspecified atom stereocenters. The van der Waals surface area contributed by atoms with E-state index in [1.165, 1.54) is 35.2 Å². The lowest BCUT2D eigenvalue weighted by Crippen LogP contribution is -1.99. The second-order valence-corrected chi connectivity index (χ2v) is 5.15. The van der Waals surface area contributed by atoms with Crippen molar-refractivity contribution in [3.8, 4) is 17.2 Å². The Bertz CT molecular complexity index is 1040. The van der Waals surface area contributed by atoms with Crippen LogP contribution in [0.1, 0.15) is 11.1 Å². The molecule has 2 N–H and O–H groups in total. The number of fused-ring (bicyclic) bond motifs is 1. The average molecular weight is 356 g/mol. The van der Waals surface area contributed by atoms with Gasteiger partial charge >= 0.3 is 6.55 Å². The number of nitrogens with two attached hydrogens (primary N) is 1. The molecule has 0 spiro atoms. The van der Waals surface area contributed by atoms with Crippen LogP contribution in [0.5, 0.6) is 0 Å². The van der Waals surface area contributed by atoms with Crippen molar-refractivity contribution >= 4 is 17.3 Å². The van der Waals surface area contributed by atoms with Gasteiger partial charge in [-0.05, 0) is 18.2 Å². The van der Waals surface area contributed by atoms with E-state index in [2.05, 4.69) is 15.1 Å². The molecular formula is C17H11F3N6. The molecule has 0 amide bonds. The van der Waals surface area contributed by atoms with Gasteiger partial charge in [0.25, 0.3) is 0 Å². The molecule has 0 bridgehead atoms. The maximum absolute atomic E-state index is 13.1. The Labute approximate surface area is 145 Å². The smallest absolute Gasteiger partial charge is 0.331 e. The number of aromatic nitrogens is 3. The number of rotatable bonds is 4. The minimum atomic E-state index is -2.87. The molecule has 0 aliphatic carbocycles. The molecule has 130 valence electrons. The van der Waals surface area contributed by atoms with Crippen molar-refractivity contribution in [3.63, 3.8) is 0 Å². The Kier molecular flexibility index (Phi) is 4.66. The van der Waals surface area contributed by atoms with Gasteiger partial charge in [0.2, 0.25) is 5.95 Å². The first-order chi connectivity index (χ1) is 12.5. The topological polar surface area (TPSA) is 92.4 Å². The number of nitriles is 1. The summed E-state index contributed by atoms with van der Waals surface area (Å²) in [6.45, 7) is -2.87. The molecule has 3 heterocycles.